The second kappa shape index (κ2) is 7.11. The van der Waals surface area contributed by atoms with Gasteiger partial charge in [0, 0.05) is 38.6 Å². The second-order valence-electron chi connectivity index (χ2n) is 5.26. The summed E-state index contributed by atoms with van der Waals surface area (Å²) in [7, 11) is 0. The molecule has 1 aromatic carbocycles. The Kier molecular flexibility index (Phi) is 4.88. The highest BCUT2D eigenvalue weighted by Gasteiger charge is 2.22. The molecule has 0 spiro atoms. The Morgan fingerprint density at radius 2 is 2.08 bits per heavy atom. The van der Waals surface area contributed by atoms with Crippen LogP contribution in [0.25, 0.3) is 21.2 Å². The Bertz CT molecular complexity index is 1080. The molecule has 0 fully saturated rings. The molecule has 0 aliphatic heterocycles. The number of rotatable bonds is 4. The fraction of sp³-hybridized carbons (Fsp3) is 0.0588. The van der Waals surface area contributed by atoms with Gasteiger partial charge < -0.3 is 15.5 Å². The van der Waals surface area contributed by atoms with E-state index in [2.05, 4.69) is 10.3 Å². The van der Waals surface area contributed by atoms with E-state index >= 15 is 0 Å². The van der Waals surface area contributed by atoms with E-state index in [1.807, 2.05) is 0 Å². The summed E-state index contributed by atoms with van der Waals surface area (Å²) in [4.78, 5) is 39.1. The molecular formula is C17H11ClN2O5S. The van der Waals surface area contributed by atoms with E-state index in [0.29, 0.717) is 20.8 Å². The standard InChI is InChI=1S/C17H11ClN2O5S/c18-9-4-10(8-2-1-3-19-6-8)15-11(5-9)14(23)13(17(25)26-15)16(24)20-7-12(21)22/h1-6,23H,7H2,(H,20,24)(H,21,22). The van der Waals surface area contributed by atoms with Gasteiger partial charge in [-0.25, -0.2) is 0 Å². The number of halogens is 1. The van der Waals surface area contributed by atoms with Gasteiger partial charge in [-0.05, 0) is 18.2 Å². The average Bonchev–Trinajstić information content (AvgIpc) is 2.61. The van der Waals surface area contributed by atoms with Crippen LogP contribution in [0.15, 0.2) is 41.5 Å². The Morgan fingerprint density at radius 3 is 2.73 bits per heavy atom. The monoisotopic (exact) mass is 390 g/mol. The predicted molar refractivity (Wildman–Crippen MR) is 98.0 cm³/mol. The van der Waals surface area contributed by atoms with Crippen LogP contribution in [-0.2, 0) is 4.79 Å². The summed E-state index contributed by atoms with van der Waals surface area (Å²) in [6, 6.07) is 6.58. The maximum Gasteiger partial charge on any atom is 0.322 e. The average molecular weight is 391 g/mol. The maximum atomic E-state index is 12.4. The number of aliphatic carboxylic acids is 1. The second-order valence-corrected chi connectivity index (χ2v) is 6.68. The van der Waals surface area contributed by atoms with Crippen LogP contribution in [-0.4, -0.2) is 33.6 Å². The van der Waals surface area contributed by atoms with Crippen molar-refractivity contribution in [1.29, 1.82) is 0 Å². The van der Waals surface area contributed by atoms with Crippen molar-refractivity contribution in [3.05, 3.63) is 56.8 Å². The number of fused-ring (bicyclic) bond motifs is 1. The molecule has 2 heterocycles. The van der Waals surface area contributed by atoms with Crippen LogP contribution in [0.3, 0.4) is 0 Å². The van der Waals surface area contributed by atoms with Crippen molar-refractivity contribution in [2.24, 2.45) is 0 Å². The number of aromatic nitrogens is 1. The summed E-state index contributed by atoms with van der Waals surface area (Å²) in [6.07, 6.45) is 3.19. The van der Waals surface area contributed by atoms with Crippen molar-refractivity contribution in [3.8, 4) is 16.9 Å². The number of carbonyl (C=O) groups is 2. The van der Waals surface area contributed by atoms with E-state index in [4.69, 9.17) is 16.7 Å². The molecule has 0 unspecified atom stereocenters. The topological polar surface area (TPSA) is 117 Å². The van der Waals surface area contributed by atoms with E-state index in [9.17, 15) is 19.5 Å². The molecule has 3 N–H and O–H groups in total. The maximum absolute atomic E-state index is 12.4. The molecule has 0 bridgehead atoms. The number of hydrogen-bond donors (Lipinski definition) is 3. The molecular weight excluding hydrogens is 380 g/mol. The zero-order valence-corrected chi connectivity index (χ0v) is 14.6. The summed E-state index contributed by atoms with van der Waals surface area (Å²) in [6.45, 7) is -0.670. The minimum atomic E-state index is -1.27. The van der Waals surface area contributed by atoms with Crippen LogP contribution in [0.1, 0.15) is 10.4 Å². The van der Waals surface area contributed by atoms with Crippen molar-refractivity contribution in [2.75, 3.05) is 6.54 Å². The third-order valence-electron chi connectivity index (χ3n) is 3.54. The number of carboxylic acids is 1. The van der Waals surface area contributed by atoms with Gasteiger partial charge in [-0.3, -0.25) is 19.4 Å². The van der Waals surface area contributed by atoms with E-state index < -0.39 is 34.5 Å². The summed E-state index contributed by atoms with van der Waals surface area (Å²) >= 11 is 6.90. The van der Waals surface area contributed by atoms with Gasteiger partial charge in [0.2, 0.25) is 4.74 Å². The minimum absolute atomic E-state index is 0.224. The van der Waals surface area contributed by atoms with Crippen LogP contribution in [0.2, 0.25) is 5.02 Å². The lowest BCUT2D eigenvalue weighted by Crippen LogP contribution is -2.32. The first-order valence-electron chi connectivity index (χ1n) is 7.28. The molecule has 26 heavy (non-hydrogen) atoms. The van der Waals surface area contributed by atoms with Gasteiger partial charge in [0.1, 0.15) is 17.9 Å². The van der Waals surface area contributed by atoms with Crippen LogP contribution in [0.5, 0.6) is 5.75 Å². The first kappa shape index (κ1) is 17.8. The molecule has 0 saturated carbocycles. The van der Waals surface area contributed by atoms with Crippen LogP contribution < -0.4 is 10.1 Å². The summed E-state index contributed by atoms with van der Waals surface area (Å²) < 4.78 is -0.245. The predicted octanol–water partition coefficient (Wildman–Crippen LogP) is 2.50. The van der Waals surface area contributed by atoms with Gasteiger partial charge in [-0.15, -0.1) is 0 Å². The van der Waals surface area contributed by atoms with Crippen molar-refractivity contribution in [1.82, 2.24) is 10.3 Å². The minimum Gasteiger partial charge on any atom is -0.506 e. The fourth-order valence-corrected chi connectivity index (χ4v) is 3.68. The molecule has 2 aromatic heterocycles. The molecule has 0 aliphatic rings. The number of benzene rings is 1. The van der Waals surface area contributed by atoms with Crippen molar-refractivity contribution < 1.29 is 19.8 Å². The highest BCUT2D eigenvalue weighted by Crippen LogP contribution is 2.38. The van der Waals surface area contributed by atoms with E-state index in [1.54, 1.807) is 30.6 Å². The van der Waals surface area contributed by atoms with Crippen LogP contribution in [0, 0.1) is 0 Å². The third kappa shape index (κ3) is 3.37. The van der Waals surface area contributed by atoms with E-state index in [0.717, 1.165) is 11.3 Å². The smallest absolute Gasteiger partial charge is 0.322 e. The number of nitrogens with one attached hydrogen (secondary N) is 1. The number of aromatic hydroxyl groups is 1. The lowest BCUT2D eigenvalue weighted by atomic mass is 10.0. The van der Waals surface area contributed by atoms with Gasteiger partial charge in [0.05, 0.1) is 0 Å². The number of nitrogens with zero attached hydrogens (tertiary/aromatic N) is 1. The molecule has 1 amide bonds. The molecule has 3 aromatic rings. The first-order valence-corrected chi connectivity index (χ1v) is 8.47. The summed E-state index contributed by atoms with van der Waals surface area (Å²) in [5.41, 5.74) is 0.775. The van der Waals surface area contributed by atoms with Gasteiger partial charge >= 0.3 is 5.97 Å². The van der Waals surface area contributed by atoms with E-state index in [-0.39, 0.29) is 5.39 Å². The number of pyridine rings is 1. The highest BCUT2D eigenvalue weighted by atomic mass is 35.5. The van der Waals surface area contributed by atoms with Gasteiger partial charge in [0.25, 0.3) is 5.91 Å². The number of carbonyl (C=O) groups excluding carboxylic acids is 1. The van der Waals surface area contributed by atoms with Gasteiger partial charge in [-0.1, -0.05) is 29.0 Å². The summed E-state index contributed by atoms with van der Waals surface area (Å²) in [5.74, 6) is -2.77. The molecule has 9 heteroatoms. The molecule has 0 radical (unpaired) electrons. The highest BCUT2D eigenvalue weighted by molar-refractivity contribution is 7.17. The lowest BCUT2D eigenvalue weighted by molar-refractivity contribution is -0.135. The third-order valence-corrected chi connectivity index (χ3v) is 4.80. The quantitative estimate of drug-likeness (QED) is 0.630. The zero-order valence-electron chi connectivity index (χ0n) is 13.0. The number of carboxylic acid groups (broad SMARTS) is 1. The Balaban J connectivity index is 2.23. The molecule has 0 atom stereocenters. The van der Waals surface area contributed by atoms with E-state index in [1.165, 1.54) is 6.07 Å². The normalized spacial score (nSPS) is 10.7. The van der Waals surface area contributed by atoms with Crippen molar-refractivity contribution >= 4 is 44.9 Å². The fourth-order valence-electron chi connectivity index (χ4n) is 2.44. The number of hydrogen-bond acceptors (Lipinski definition) is 6. The molecule has 132 valence electrons. The van der Waals surface area contributed by atoms with Crippen molar-refractivity contribution in [3.63, 3.8) is 0 Å². The number of amides is 1. The Morgan fingerprint density at radius 1 is 1.31 bits per heavy atom. The first-order chi connectivity index (χ1) is 12.4. The van der Waals surface area contributed by atoms with Crippen LogP contribution >= 0.6 is 22.9 Å². The summed E-state index contributed by atoms with van der Waals surface area (Å²) in [5, 5.41) is 21.7. The Hall–Kier alpha value is -2.97. The SMILES string of the molecule is O=C(O)CNC(=O)c1c(O)c2cc(Cl)cc(-c3cccnc3)c2sc1=O. The van der Waals surface area contributed by atoms with Gasteiger partial charge in [0.15, 0.2) is 0 Å². The molecule has 0 aliphatic carbocycles. The van der Waals surface area contributed by atoms with Gasteiger partial charge in [-0.2, -0.15) is 0 Å². The molecule has 3 rings (SSSR count). The zero-order chi connectivity index (χ0) is 18.8. The lowest BCUT2D eigenvalue weighted by Gasteiger charge is -2.11. The largest absolute Gasteiger partial charge is 0.506 e. The van der Waals surface area contributed by atoms with Crippen molar-refractivity contribution in [2.45, 2.75) is 0 Å². The molecule has 0 saturated heterocycles. The Labute approximate surface area is 155 Å². The van der Waals surface area contributed by atoms with Crippen LogP contribution in [0.4, 0.5) is 0 Å². The molecule has 7 nitrogen and oxygen atoms in total.